The summed E-state index contributed by atoms with van der Waals surface area (Å²) in [6.45, 7) is 0. The van der Waals surface area contributed by atoms with Gasteiger partial charge in [-0.25, -0.2) is 0 Å². The number of carbonyl (C=O) groups excluding carboxylic acids is 3. The number of anilines is 2. The smallest absolute Gasteiger partial charge is 0.272 e. The highest BCUT2D eigenvalue weighted by atomic mass is 79.9. The molecule has 0 fully saturated rings. The van der Waals surface area contributed by atoms with Crippen LogP contribution < -0.4 is 16.0 Å². The van der Waals surface area contributed by atoms with Crippen LogP contribution in [0.4, 0.5) is 11.4 Å². The van der Waals surface area contributed by atoms with Crippen molar-refractivity contribution in [3.05, 3.63) is 128 Å². The lowest BCUT2D eigenvalue weighted by atomic mass is 10.1. The molecule has 3 amide bonds. The number of hydrogen-bond acceptors (Lipinski definition) is 4. The highest BCUT2D eigenvalue weighted by molar-refractivity contribution is 9.10. The number of carbonyl (C=O) groups is 3. The van der Waals surface area contributed by atoms with Crippen molar-refractivity contribution in [3.63, 3.8) is 0 Å². The van der Waals surface area contributed by atoms with Gasteiger partial charge in [0.15, 0.2) is 0 Å². The Kier molecular flexibility index (Phi) is 10.4. The number of thioether (sulfide) groups is 1. The summed E-state index contributed by atoms with van der Waals surface area (Å²) in [5, 5.41) is 9.17. The van der Waals surface area contributed by atoms with E-state index in [0.29, 0.717) is 27.0 Å². The van der Waals surface area contributed by atoms with Crippen molar-refractivity contribution in [2.75, 3.05) is 16.4 Å². The molecule has 0 spiro atoms. The molecule has 0 atom stereocenters. The fraction of sp³-hybridized carbons (Fsp3) is 0.0333. The SMILES string of the molecule is O=C(CSc1cccc(NC(=O)/C(=C/c2ccc(Br)cc2)NC(=O)c2ccccc2)c1)Nc1cc(Cl)cc(Cl)c1. The number of benzene rings is 4. The van der Waals surface area contributed by atoms with Crippen molar-refractivity contribution in [1.29, 1.82) is 0 Å². The molecule has 0 aliphatic heterocycles. The monoisotopic (exact) mass is 653 g/mol. The minimum absolute atomic E-state index is 0.0776. The first kappa shape index (κ1) is 29.4. The normalized spacial score (nSPS) is 11.0. The molecule has 0 saturated carbocycles. The van der Waals surface area contributed by atoms with Crippen LogP contribution in [0.15, 0.2) is 112 Å². The Morgan fingerprint density at radius 2 is 1.48 bits per heavy atom. The van der Waals surface area contributed by atoms with E-state index in [-0.39, 0.29) is 17.4 Å². The molecule has 0 unspecified atom stereocenters. The molecule has 0 aromatic heterocycles. The Morgan fingerprint density at radius 3 is 2.17 bits per heavy atom. The van der Waals surface area contributed by atoms with Crippen LogP contribution in [0.3, 0.4) is 0 Å². The zero-order valence-corrected chi connectivity index (χ0v) is 24.7. The second kappa shape index (κ2) is 14.2. The van der Waals surface area contributed by atoms with Crippen LogP contribution in [0.5, 0.6) is 0 Å². The van der Waals surface area contributed by atoms with Gasteiger partial charge in [0.1, 0.15) is 5.70 Å². The summed E-state index contributed by atoms with van der Waals surface area (Å²) < 4.78 is 0.892. The second-order valence-corrected chi connectivity index (χ2v) is 11.2. The van der Waals surface area contributed by atoms with E-state index in [1.165, 1.54) is 11.8 Å². The summed E-state index contributed by atoms with van der Waals surface area (Å²) in [6, 6.07) is 27.9. The van der Waals surface area contributed by atoms with Gasteiger partial charge in [-0.2, -0.15) is 0 Å². The van der Waals surface area contributed by atoms with E-state index in [2.05, 4.69) is 31.9 Å². The van der Waals surface area contributed by atoms with Crippen LogP contribution in [0.25, 0.3) is 6.08 Å². The van der Waals surface area contributed by atoms with Crippen molar-refractivity contribution >= 4 is 86.1 Å². The zero-order valence-electron chi connectivity index (χ0n) is 20.8. The van der Waals surface area contributed by atoms with E-state index < -0.39 is 11.8 Å². The number of hydrogen-bond donors (Lipinski definition) is 3. The summed E-state index contributed by atoms with van der Waals surface area (Å²) in [4.78, 5) is 39.3. The molecule has 0 aliphatic rings. The van der Waals surface area contributed by atoms with Gasteiger partial charge in [0.05, 0.1) is 5.75 Å². The van der Waals surface area contributed by atoms with Crippen molar-refractivity contribution < 1.29 is 14.4 Å². The van der Waals surface area contributed by atoms with E-state index in [4.69, 9.17) is 23.2 Å². The van der Waals surface area contributed by atoms with Gasteiger partial charge < -0.3 is 16.0 Å². The highest BCUT2D eigenvalue weighted by Gasteiger charge is 2.15. The molecule has 3 N–H and O–H groups in total. The molecule has 10 heteroatoms. The highest BCUT2D eigenvalue weighted by Crippen LogP contribution is 2.25. The van der Waals surface area contributed by atoms with Crippen LogP contribution in [0.1, 0.15) is 15.9 Å². The third-order valence-electron chi connectivity index (χ3n) is 5.32. The summed E-state index contributed by atoms with van der Waals surface area (Å²) in [5.74, 6) is -1.01. The predicted octanol–water partition coefficient (Wildman–Crippen LogP) is 7.90. The number of nitrogens with one attached hydrogen (secondary N) is 3. The largest absolute Gasteiger partial charge is 0.325 e. The first-order valence-electron chi connectivity index (χ1n) is 11.9. The molecule has 0 saturated heterocycles. The first-order chi connectivity index (χ1) is 19.2. The molecular weight excluding hydrogens is 633 g/mol. The van der Waals surface area contributed by atoms with E-state index >= 15 is 0 Å². The fourth-order valence-corrected chi connectivity index (χ4v) is 5.05. The number of rotatable bonds is 9. The molecule has 6 nitrogen and oxygen atoms in total. The van der Waals surface area contributed by atoms with Gasteiger partial charge in [-0.15, -0.1) is 11.8 Å². The van der Waals surface area contributed by atoms with Crippen LogP contribution in [-0.4, -0.2) is 23.5 Å². The van der Waals surface area contributed by atoms with E-state index in [1.54, 1.807) is 66.7 Å². The van der Waals surface area contributed by atoms with Crippen LogP contribution in [0, 0.1) is 0 Å². The summed E-state index contributed by atoms with van der Waals surface area (Å²) in [6.07, 6.45) is 1.60. The summed E-state index contributed by atoms with van der Waals surface area (Å²) in [5.41, 5.74) is 2.25. The van der Waals surface area contributed by atoms with E-state index in [1.807, 2.05) is 36.4 Å². The van der Waals surface area contributed by atoms with Gasteiger partial charge in [0.2, 0.25) is 5.91 Å². The zero-order chi connectivity index (χ0) is 28.5. The van der Waals surface area contributed by atoms with Gasteiger partial charge in [-0.3, -0.25) is 14.4 Å². The van der Waals surface area contributed by atoms with E-state index in [0.717, 1.165) is 14.9 Å². The van der Waals surface area contributed by atoms with Crippen LogP contribution in [-0.2, 0) is 9.59 Å². The lowest BCUT2D eigenvalue weighted by molar-refractivity contribution is -0.114. The van der Waals surface area contributed by atoms with Gasteiger partial charge >= 0.3 is 0 Å². The van der Waals surface area contributed by atoms with Gasteiger partial charge in [0.25, 0.3) is 11.8 Å². The molecular formula is C30H22BrCl2N3O3S. The Morgan fingerprint density at radius 1 is 0.775 bits per heavy atom. The van der Waals surface area contributed by atoms with Crippen molar-refractivity contribution in [1.82, 2.24) is 5.32 Å². The Balaban J connectivity index is 1.44. The summed E-state index contributed by atoms with van der Waals surface area (Å²) in [7, 11) is 0. The third kappa shape index (κ3) is 8.99. The van der Waals surface area contributed by atoms with Crippen molar-refractivity contribution in [2.45, 2.75) is 4.90 Å². The second-order valence-electron chi connectivity index (χ2n) is 8.41. The minimum atomic E-state index is -0.495. The maximum absolute atomic E-state index is 13.3. The standard InChI is InChI=1S/C30H22BrCl2N3O3S/c31-21-11-9-19(10-12-21)13-27(36-29(38)20-5-2-1-3-6-20)30(39)35-24-7-4-8-26(17-24)40-18-28(37)34-25-15-22(32)14-23(33)16-25/h1-17H,18H2,(H,34,37)(H,35,39)(H,36,38)/b27-13-. The average Bonchev–Trinajstić information content (AvgIpc) is 2.93. The molecule has 0 radical (unpaired) electrons. The first-order valence-corrected chi connectivity index (χ1v) is 14.4. The molecule has 0 bridgehead atoms. The van der Waals surface area contributed by atoms with Crippen molar-refractivity contribution in [2.24, 2.45) is 0 Å². The minimum Gasteiger partial charge on any atom is -0.325 e. The van der Waals surface area contributed by atoms with Crippen LogP contribution in [0.2, 0.25) is 10.0 Å². The van der Waals surface area contributed by atoms with Gasteiger partial charge in [-0.05, 0) is 72.3 Å². The predicted molar refractivity (Wildman–Crippen MR) is 167 cm³/mol. The topological polar surface area (TPSA) is 87.3 Å². The molecule has 0 aliphatic carbocycles. The van der Waals surface area contributed by atoms with Gasteiger partial charge in [-0.1, -0.05) is 75.5 Å². The lowest BCUT2D eigenvalue weighted by Gasteiger charge is -2.12. The quantitative estimate of drug-likeness (QED) is 0.127. The lowest BCUT2D eigenvalue weighted by Crippen LogP contribution is -2.30. The third-order valence-corrected chi connectivity index (χ3v) is 7.28. The maximum atomic E-state index is 13.3. The van der Waals surface area contributed by atoms with Crippen molar-refractivity contribution in [3.8, 4) is 0 Å². The number of halogens is 3. The molecule has 0 heterocycles. The van der Waals surface area contributed by atoms with E-state index in [9.17, 15) is 14.4 Å². The van der Waals surface area contributed by atoms with Crippen LogP contribution >= 0.6 is 50.9 Å². The maximum Gasteiger partial charge on any atom is 0.272 e. The Bertz CT molecular complexity index is 1540. The molecule has 40 heavy (non-hydrogen) atoms. The molecule has 4 rings (SSSR count). The fourth-order valence-electron chi connectivity index (χ4n) is 3.50. The Labute approximate surface area is 254 Å². The molecule has 4 aromatic rings. The molecule has 4 aromatic carbocycles. The van der Waals surface area contributed by atoms with Gasteiger partial charge in [0, 0.05) is 36.4 Å². The average molecular weight is 655 g/mol. The Hall–Kier alpha value is -3.56. The number of amides is 3. The summed E-state index contributed by atoms with van der Waals surface area (Å²) >= 11 is 16.7. The molecule has 202 valence electrons.